The molecular weight excluding hydrogens is 161 g/mol. The molecule has 3 nitrogen and oxygen atoms in total. The van der Waals surface area contributed by atoms with Crippen LogP contribution in [0.1, 0.15) is 27.2 Å². The standard InChI is InChI=1S/C7H14NO2P/c1-4-5-11(9,10)7(2,3)6-8/h4-5H2,1-3H3,(H,9,10). The summed E-state index contributed by atoms with van der Waals surface area (Å²) in [5, 5.41) is 7.48. The molecule has 64 valence electrons. The molecule has 0 rings (SSSR count). The summed E-state index contributed by atoms with van der Waals surface area (Å²) in [6.07, 6.45) is 0.868. The Morgan fingerprint density at radius 3 is 2.36 bits per heavy atom. The van der Waals surface area contributed by atoms with Gasteiger partial charge in [-0.15, -0.1) is 0 Å². The molecule has 0 aliphatic heterocycles. The first-order valence-electron chi connectivity index (χ1n) is 3.60. The zero-order valence-corrected chi connectivity index (χ0v) is 8.06. The third-order valence-corrected chi connectivity index (χ3v) is 4.57. The Bertz CT molecular complexity index is 217. The van der Waals surface area contributed by atoms with Crippen molar-refractivity contribution in [3.63, 3.8) is 0 Å². The summed E-state index contributed by atoms with van der Waals surface area (Å²) in [7, 11) is -3.26. The summed E-state index contributed by atoms with van der Waals surface area (Å²) in [5.41, 5.74) is 0. The van der Waals surface area contributed by atoms with Gasteiger partial charge in [0.05, 0.1) is 6.07 Å². The zero-order valence-electron chi connectivity index (χ0n) is 7.16. The van der Waals surface area contributed by atoms with Gasteiger partial charge in [0.2, 0.25) is 7.37 Å². The van der Waals surface area contributed by atoms with Gasteiger partial charge >= 0.3 is 0 Å². The molecule has 0 aliphatic rings. The maximum Gasteiger partial charge on any atom is 0.219 e. The van der Waals surface area contributed by atoms with E-state index in [1.165, 1.54) is 13.8 Å². The molecule has 0 aromatic heterocycles. The molecule has 1 N–H and O–H groups in total. The van der Waals surface area contributed by atoms with Crippen LogP contribution in [0.2, 0.25) is 0 Å². The van der Waals surface area contributed by atoms with Crippen LogP contribution in [0.25, 0.3) is 0 Å². The second-order valence-corrected chi connectivity index (χ2v) is 6.06. The maximum atomic E-state index is 11.4. The molecular formula is C7H14NO2P. The third kappa shape index (κ3) is 2.32. The van der Waals surface area contributed by atoms with Crippen LogP contribution in [0.3, 0.4) is 0 Å². The molecule has 0 aromatic carbocycles. The minimum Gasteiger partial charge on any atom is -0.343 e. The van der Waals surface area contributed by atoms with Crippen LogP contribution in [0.4, 0.5) is 0 Å². The Morgan fingerprint density at radius 1 is 1.64 bits per heavy atom. The fourth-order valence-corrected chi connectivity index (χ4v) is 1.98. The SMILES string of the molecule is CCCP(=O)(O)C(C)(C)C#N. The van der Waals surface area contributed by atoms with Crippen LogP contribution in [0.5, 0.6) is 0 Å². The highest BCUT2D eigenvalue weighted by Crippen LogP contribution is 2.53. The molecule has 11 heavy (non-hydrogen) atoms. The van der Waals surface area contributed by atoms with Crippen molar-refractivity contribution in [2.24, 2.45) is 0 Å². The van der Waals surface area contributed by atoms with E-state index < -0.39 is 12.5 Å². The monoisotopic (exact) mass is 175 g/mol. The molecule has 0 bridgehead atoms. The molecule has 0 saturated heterocycles. The Balaban J connectivity index is 4.58. The first-order valence-corrected chi connectivity index (χ1v) is 5.45. The number of nitrogens with zero attached hydrogens (tertiary/aromatic N) is 1. The highest BCUT2D eigenvalue weighted by Gasteiger charge is 2.37. The first-order chi connectivity index (χ1) is 4.87. The van der Waals surface area contributed by atoms with Gasteiger partial charge in [-0.05, 0) is 20.3 Å². The van der Waals surface area contributed by atoms with E-state index >= 15 is 0 Å². The van der Waals surface area contributed by atoms with E-state index in [1.807, 2.05) is 13.0 Å². The van der Waals surface area contributed by atoms with Gasteiger partial charge in [-0.25, -0.2) is 0 Å². The molecule has 0 heterocycles. The minimum absolute atomic E-state index is 0.230. The summed E-state index contributed by atoms with van der Waals surface area (Å²) in [4.78, 5) is 9.38. The molecule has 0 amide bonds. The number of hydrogen-bond acceptors (Lipinski definition) is 2. The van der Waals surface area contributed by atoms with Gasteiger partial charge in [0.1, 0.15) is 5.16 Å². The van der Waals surface area contributed by atoms with E-state index in [0.717, 1.165) is 0 Å². The van der Waals surface area contributed by atoms with Gasteiger partial charge in [0.15, 0.2) is 0 Å². The Morgan fingerprint density at radius 2 is 2.09 bits per heavy atom. The maximum absolute atomic E-state index is 11.4. The Labute approximate surface area is 67.5 Å². The summed E-state index contributed by atoms with van der Waals surface area (Å²) >= 11 is 0. The number of rotatable bonds is 3. The zero-order chi connectivity index (χ0) is 9.12. The lowest BCUT2D eigenvalue weighted by Crippen LogP contribution is -2.18. The van der Waals surface area contributed by atoms with E-state index in [-0.39, 0.29) is 6.16 Å². The normalized spacial score (nSPS) is 17.0. The molecule has 0 fully saturated rings. The van der Waals surface area contributed by atoms with E-state index in [2.05, 4.69) is 0 Å². The van der Waals surface area contributed by atoms with Crippen molar-refractivity contribution in [2.45, 2.75) is 32.3 Å². The average Bonchev–Trinajstić information content (AvgIpc) is 1.87. The van der Waals surface area contributed by atoms with Crippen LogP contribution >= 0.6 is 7.37 Å². The fraction of sp³-hybridized carbons (Fsp3) is 0.857. The smallest absolute Gasteiger partial charge is 0.219 e. The van der Waals surface area contributed by atoms with Crippen molar-refractivity contribution >= 4 is 7.37 Å². The van der Waals surface area contributed by atoms with Gasteiger partial charge in [-0.2, -0.15) is 5.26 Å². The van der Waals surface area contributed by atoms with Gasteiger partial charge < -0.3 is 4.89 Å². The van der Waals surface area contributed by atoms with Gasteiger partial charge in [-0.3, -0.25) is 4.57 Å². The molecule has 0 saturated carbocycles. The second kappa shape index (κ2) is 3.38. The van der Waals surface area contributed by atoms with Crippen LogP contribution in [0, 0.1) is 11.3 Å². The van der Waals surface area contributed by atoms with Gasteiger partial charge in [0.25, 0.3) is 0 Å². The van der Waals surface area contributed by atoms with E-state index in [0.29, 0.717) is 6.42 Å². The summed E-state index contributed by atoms with van der Waals surface area (Å²) in [5.74, 6) is 0. The largest absolute Gasteiger partial charge is 0.343 e. The lowest BCUT2D eigenvalue weighted by Gasteiger charge is -2.22. The van der Waals surface area contributed by atoms with Gasteiger partial charge in [-0.1, -0.05) is 6.92 Å². The van der Waals surface area contributed by atoms with Crippen LogP contribution < -0.4 is 0 Å². The fourth-order valence-electron chi connectivity index (χ4n) is 0.661. The molecule has 0 aliphatic carbocycles. The van der Waals surface area contributed by atoms with Crippen molar-refractivity contribution in [3.05, 3.63) is 0 Å². The van der Waals surface area contributed by atoms with Crippen LogP contribution in [0.15, 0.2) is 0 Å². The van der Waals surface area contributed by atoms with Crippen molar-refractivity contribution in [3.8, 4) is 6.07 Å². The molecule has 0 spiro atoms. The third-order valence-electron chi connectivity index (χ3n) is 1.67. The summed E-state index contributed by atoms with van der Waals surface area (Å²) in [6.45, 7) is 4.84. The van der Waals surface area contributed by atoms with Crippen molar-refractivity contribution < 1.29 is 9.46 Å². The molecule has 0 aromatic rings. The van der Waals surface area contributed by atoms with Gasteiger partial charge in [0, 0.05) is 6.16 Å². The second-order valence-electron chi connectivity index (χ2n) is 3.10. The summed E-state index contributed by atoms with van der Waals surface area (Å²) < 4.78 is 11.4. The highest BCUT2D eigenvalue weighted by atomic mass is 31.2. The topological polar surface area (TPSA) is 61.1 Å². The average molecular weight is 175 g/mol. The van der Waals surface area contributed by atoms with E-state index in [1.54, 1.807) is 0 Å². The molecule has 0 radical (unpaired) electrons. The predicted molar refractivity (Wildman–Crippen MR) is 44.7 cm³/mol. The first kappa shape index (κ1) is 10.7. The van der Waals surface area contributed by atoms with Crippen molar-refractivity contribution in [1.82, 2.24) is 0 Å². The molecule has 4 heteroatoms. The lowest BCUT2D eigenvalue weighted by molar-refractivity contribution is 0.455. The number of nitriles is 1. The summed E-state index contributed by atoms with van der Waals surface area (Å²) in [6, 6.07) is 1.85. The Hall–Kier alpha value is -0.320. The van der Waals surface area contributed by atoms with E-state index in [4.69, 9.17) is 5.26 Å². The van der Waals surface area contributed by atoms with Crippen LogP contribution in [-0.4, -0.2) is 16.2 Å². The van der Waals surface area contributed by atoms with E-state index in [9.17, 15) is 9.46 Å². The Kier molecular flexibility index (Phi) is 3.29. The lowest BCUT2D eigenvalue weighted by atomic mass is 10.2. The molecule has 1 unspecified atom stereocenters. The quantitative estimate of drug-likeness (QED) is 0.667. The minimum atomic E-state index is -3.26. The van der Waals surface area contributed by atoms with Crippen molar-refractivity contribution in [1.29, 1.82) is 5.26 Å². The van der Waals surface area contributed by atoms with Crippen molar-refractivity contribution in [2.75, 3.05) is 6.16 Å². The predicted octanol–water partition coefficient (Wildman–Crippen LogP) is 1.97. The van der Waals surface area contributed by atoms with Crippen LogP contribution in [-0.2, 0) is 4.57 Å². The number of hydrogen-bond donors (Lipinski definition) is 1. The molecule has 1 atom stereocenters. The highest BCUT2D eigenvalue weighted by molar-refractivity contribution is 7.59.